The number of amides is 2. The molecule has 3 aromatic rings. The second kappa shape index (κ2) is 8.14. The first-order valence-corrected chi connectivity index (χ1v) is 9.38. The standard InChI is InChI=1S/C21H21N5O3/c1-14(15-2-5-17(6-3-15)26-13-22-12-23-26)24-21(28)11-29-18-7-8-19-16(10-18)4-9-20(27)25-19/h2-3,5-8,10,12-14H,4,9,11H2,1H3,(H,24,28)(H,25,27). The summed E-state index contributed by atoms with van der Waals surface area (Å²) < 4.78 is 7.29. The minimum absolute atomic E-state index is 0.0221. The van der Waals surface area contributed by atoms with Crippen LogP contribution < -0.4 is 15.4 Å². The molecule has 0 aliphatic carbocycles. The molecule has 1 aliphatic heterocycles. The molecule has 0 saturated heterocycles. The third-order valence-electron chi connectivity index (χ3n) is 4.80. The number of carbonyl (C=O) groups is 2. The number of carbonyl (C=O) groups excluding carboxylic acids is 2. The zero-order valence-corrected chi connectivity index (χ0v) is 16.0. The van der Waals surface area contributed by atoms with Crippen molar-refractivity contribution in [1.82, 2.24) is 20.1 Å². The second-order valence-electron chi connectivity index (χ2n) is 6.88. The number of nitrogens with zero attached hydrogens (tertiary/aromatic N) is 3. The predicted molar refractivity (Wildman–Crippen MR) is 107 cm³/mol. The van der Waals surface area contributed by atoms with Crippen LogP contribution in [-0.2, 0) is 16.0 Å². The van der Waals surface area contributed by atoms with Crippen molar-refractivity contribution in [3.63, 3.8) is 0 Å². The van der Waals surface area contributed by atoms with Crippen LogP contribution in [0.4, 0.5) is 5.69 Å². The summed E-state index contributed by atoms with van der Waals surface area (Å²) in [7, 11) is 0. The van der Waals surface area contributed by atoms with Crippen molar-refractivity contribution in [2.24, 2.45) is 0 Å². The molecule has 8 nitrogen and oxygen atoms in total. The van der Waals surface area contributed by atoms with Gasteiger partial charge in [0.05, 0.1) is 11.7 Å². The fourth-order valence-corrected chi connectivity index (χ4v) is 3.22. The van der Waals surface area contributed by atoms with Crippen LogP contribution in [0.3, 0.4) is 0 Å². The molecule has 4 rings (SSSR count). The van der Waals surface area contributed by atoms with Gasteiger partial charge in [-0.05, 0) is 54.8 Å². The van der Waals surface area contributed by atoms with Crippen molar-refractivity contribution in [3.8, 4) is 11.4 Å². The zero-order chi connectivity index (χ0) is 20.2. The molecule has 1 aliphatic rings. The Morgan fingerprint density at radius 3 is 2.83 bits per heavy atom. The zero-order valence-electron chi connectivity index (χ0n) is 16.0. The van der Waals surface area contributed by atoms with Gasteiger partial charge < -0.3 is 15.4 Å². The Morgan fingerprint density at radius 1 is 1.24 bits per heavy atom. The Bertz CT molecular complexity index is 1020. The molecule has 2 aromatic carbocycles. The molecule has 0 radical (unpaired) electrons. The largest absolute Gasteiger partial charge is 0.484 e. The quantitative estimate of drug-likeness (QED) is 0.672. The molecule has 0 saturated carbocycles. The number of rotatable bonds is 6. The van der Waals surface area contributed by atoms with Crippen LogP contribution in [0, 0.1) is 0 Å². The smallest absolute Gasteiger partial charge is 0.258 e. The maximum absolute atomic E-state index is 12.3. The van der Waals surface area contributed by atoms with Crippen molar-refractivity contribution in [2.75, 3.05) is 11.9 Å². The summed E-state index contributed by atoms with van der Waals surface area (Å²) in [5.41, 5.74) is 3.70. The molecule has 1 unspecified atom stereocenters. The lowest BCUT2D eigenvalue weighted by atomic mass is 10.0. The molecule has 29 heavy (non-hydrogen) atoms. The van der Waals surface area contributed by atoms with E-state index in [-0.39, 0.29) is 24.5 Å². The lowest BCUT2D eigenvalue weighted by Crippen LogP contribution is -2.31. The first-order valence-electron chi connectivity index (χ1n) is 9.38. The number of ether oxygens (including phenoxy) is 1. The number of nitrogens with one attached hydrogen (secondary N) is 2. The fraction of sp³-hybridized carbons (Fsp3) is 0.238. The van der Waals surface area contributed by atoms with Crippen LogP contribution in [0.15, 0.2) is 55.1 Å². The molecular weight excluding hydrogens is 370 g/mol. The summed E-state index contributed by atoms with van der Waals surface area (Å²) in [4.78, 5) is 27.6. The highest BCUT2D eigenvalue weighted by Gasteiger charge is 2.16. The van der Waals surface area contributed by atoms with Gasteiger partial charge in [-0.3, -0.25) is 9.59 Å². The van der Waals surface area contributed by atoms with Crippen LogP contribution >= 0.6 is 0 Å². The fourth-order valence-electron chi connectivity index (χ4n) is 3.22. The van der Waals surface area contributed by atoms with Gasteiger partial charge in [-0.15, -0.1) is 0 Å². The van der Waals surface area contributed by atoms with E-state index < -0.39 is 0 Å². The average molecular weight is 391 g/mol. The van der Waals surface area contributed by atoms with E-state index in [4.69, 9.17) is 4.74 Å². The highest BCUT2D eigenvalue weighted by Crippen LogP contribution is 2.26. The number of aromatic nitrogens is 3. The Kier molecular flexibility index (Phi) is 5.24. The number of fused-ring (bicyclic) bond motifs is 1. The highest BCUT2D eigenvalue weighted by molar-refractivity contribution is 5.94. The summed E-state index contributed by atoms with van der Waals surface area (Å²) in [5, 5.41) is 9.85. The monoisotopic (exact) mass is 391 g/mol. The Labute approximate surface area is 167 Å². The topological polar surface area (TPSA) is 98.1 Å². The molecule has 0 bridgehead atoms. The molecule has 2 amide bonds. The van der Waals surface area contributed by atoms with Crippen molar-refractivity contribution >= 4 is 17.5 Å². The summed E-state index contributed by atoms with van der Waals surface area (Å²) >= 11 is 0. The van der Waals surface area contributed by atoms with Gasteiger partial charge in [0.1, 0.15) is 18.4 Å². The average Bonchev–Trinajstić information content (AvgIpc) is 3.27. The predicted octanol–water partition coefficient (Wildman–Crippen LogP) is 2.41. The van der Waals surface area contributed by atoms with Crippen LogP contribution in [0.2, 0.25) is 0 Å². The minimum Gasteiger partial charge on any atom is -0.484 e. The van der Waals surface area contributed by atoms with Crippen molar-refractivity contribution in [2.45, 2.75) is 25.8 Å². The summed E-state index contributed by atoms with van der Waals surface area (Å²) in [6, 6.07) is 13.0. The molecule has 1 aromatic heterocycles. The van der Waals surface area contributed by atoms with Gasteiger partial charge in [-0.25, -0.2) is 9.67 Å². The van der Waals surface area contributed by atoms with Crippen molar-refractivity contribution in [3.05, 3.63) is 66.2 Å². The van der Waals surface area contributed by atoms with E-state index in [1.54, 1.807) is 23.1 Å². The Hall–Kier alpha value is -3.68. The normalized spacial score (nSPS) is 13.9. The molecule has 0 spiro atoms. The second-order valence-corrected chi connectivity index (χ2v) is 6.88. The minimum atomic E-state index is -0.205. The van der Waals surface area contributed by atoms with Gasteiger partial charge in [0.25, 0.3) is 5.91 Å². The van der Waals surface area contributed by atoms with Crippen LogP contribution in [-0.4, -0.2) is 33.2 Å². The maximum atomic E-state index is 12.3. The van der Waals surface area contributed by atoms with Gasteiger partial charge in [0, 0.05) is 12.1 Å². The van der Waals surface area contributed by atoms with Gasteiger partial charge in [0.15, 0.2) is 6.61 Å². The molecule has 2 N–H and O–H groups in total. The molecule has 2 heterocycles. The van der Waals surface area contributed by atoms with Crippen molar-refractivity contribution in [1.29, 1.82) is 0 Å². The van der Waals surface area contributed by atoms with E-state index in [2.05, 4.69) is 20.7 Å². The maximum Gasteiger partial charge on any atom is 0.258 e. The van der Waals surface area contributed by atoms with Crippen LogP contribution in [0.25, 0.3) is 5.69 Å². The van der Waals surface area contributed by atoms with E-state index in [1.807, 2.05) is 37.3 Å². The lowest BCUT2D eigenvalue weighted by Gasteiger charge is -2.18. The summed E-state index contributed by atoms with van der Waals surface area (Å²) in [5.74, 6) is 0.428. The van der Waals surface area contributed by atoms with Gasteiger partial charge in [-0.2, -0.15) is 5.10 Å². The molecule has 0 fully saturated rings. The van der Waals surface area contributed by atoms with E-state index in [9.17, 15) is 9.59 Å². The lowest BCUT2D eigenvalue weighted by molar-refractivity contribution is -0.123. The number of benzene rings is 2. The highest BCUT2D eigenvalue weighted by atomic mass is 16.5. The molecule has 1 atom stereocenters. The third kappa shape index (κ3) is 4.43. The van der Waals surface area contributed by atoms with Gasteiger partial charge >= 0.3 is 0 Å². The summed E-state index contributed by atoms with van der Waals surface area (Å²) in [6.07, 6.45) is 4.25. The Balaban J connectivity index is 1.31. The first-order chi connectivity index (χ1) is 14.1. The van der Waals surface area contributed by atoms with Gasteiger partial charge in [0.2, 0.25) is 5.91 Å². The van der Waals surface area contributed by atoms with Crippen LogP contribution in [0.1, 0.15) is 30.5 Å². The number of anilines is 1. The van der Waals surface area contributed by atoms with E-state index >= 15 is 0 Å². The van der Waals surface area contributed by atoms with E-state index in [1.165, 1.54) is 6.33 Å². The molecule has 8 heteroatoms. The number of aryl methyl sites for hydroxylation is 1. The summed E-state index contributed by atoms with van der Waals surface area (Å²) in [6.45, 7) is 1.84. The third-order valence-corrected chi connectivity index (χ3v) is 4.80. The number of hydrogen-bond donors (Lipinski definition) is 2. The van der Waals surface area contributed by atoms with E-state index in [0.29, 0.717) is 18.6 Å². The van der Waals surface area contributed by atoms with E-state index in [0.717, 1.165) is 22.5 Å². The number of hydrogen-bond acceptors (Lipinski definition) is 5. The van der Waals surface area contributed by atoms with Crippen molar-refractivity contribution < 1.29 is 14.3 Å². The SMILES string of the molecule is CC(NC(=O)COc1ccc2c(c1)CCC(=O)N2)c1ccc(-n2cncn2)cc1. The van der Waals surface area contributed by atoms with Gasteiger partial charge in [-0.1, -0.05) is 12.1 Å². The Morgan fingerprint density at radius 2 is 2.07 bits per heavy atom. The molecule has 148 valence electrons. The van der Waals surface area contributed by atoms with Crippen LogP contribution in [0.5, 0.6) is 5.75 Å². The molecular formula is C21H21N5O3. The first kappa shape index (κ1) is 18.7.